The van der Waals surface area contributed by atoms with Gasteiger partial charge in [-0.15, -0.1) is 0 Å². The average molecular weight is 283 g/mol. The zero-order valence-electron chi connectivity index (χ0n) is 13.1. The molecule has 3 aliphatic rings. The quantitative estimate of drug-likeness (QED) is 0.860. The molecule has 3 fully saturated rings. The van der Waals surface area contributed by atoms with Gasteiger partial charge in [0.2, 0.25) is 0 Å². The van der Waals surface area contributed by atoms with Crippen molar-refractivity contribution < 1.29 is 14.2 Å². The minimum Gasteiger partial charge on any atom is -0.378 e. The maximum absolute atomic E-state index is 5.81. The highest BCUT2D eigenvalue weighted by molar-refractivity contribution is 5.04. The Balaban J connectivity index is 1.46. The first-order valence-corrected chi connectivity index (χ1v) is 8.21. The van der Waals surface area contributed by atoms with Crippen molar-refractivity contribution in [2.45, 2.75) is 76.9 Å². The van der Waals surface area contributed by atoms with Crippen LogP contribution in [-0.4, -0.2) is 43.8 Å². The predicted octanol–water partition coefficient (Wildman–Crippen LogP) is 2.47. The van der Waals surface area contributed by atoms with Crippen LogP contribution < -0.4 is 5.32 Å². The molecule has 1 aliphatic heterocycles. The lowest BCUT2D eigenvalue weighted by atomic mass is 9.64. The Labute approximate surface area is 122 Å². The van der Waals surface area contributed by atoms with E-state index in [0.29, 0.717) is 18.2 Å². The highest BCUT2D eigenvalue weighted by Crippen LogP contribution is 2.44. The average Bonchev–Trinajstić information content (AvgIpc) is 2.88. The van der Waals surface area contributed by atoms with Crippen molar-refractivity contribution in [1.82, 2.24) is 5.32 Å². The van der Waals surface area contributed by atoms with Gasteiger partial charge in [-0.1, -0.05) is 13.8 Å². The van der Waals surface area contributed by atoms with Crippen molar-refractivity contribution in [3.63, 3.8) is 0 Å². The normalized spacial score (nSPS) is 36.1. The standard InChI is InChI=1S/C16H29NO3/c1-4-18-14-11-13(15(14,2)3)17-12-5-7-16(8-6-12)19-9-10-20-16/h12-14,17H,4-11H2,1-3H3/t13-,14-/m0/s1. The van der Waals surface area contributed by atoms with Gasteiger partial charge in [0.25, 0.3) is 0 Å². The van der Waals surface area contributed by atoms with E-state index < -0.39 is 0 Å². The van der Waals surface area contributed by atoms with Gasteiger partial charge < -0.3 is 19.5 Å². The topological polar surface area (TPSA) is 39.7 Å². The second-order valence-electron chi connectivity index (χ2n) is 7.10. The minimum atomic E-state index is -0.235. The SMILES string of the molecule is CCO[C@H]1C[C@H](NC2CCC3(CC2)OCCO3)C1(C)C. The molecule has 2 aliphatic carbocycles. The number of nitrogens with one attached hydrogen (secondary N) is 1. The van der Waals surface area contributed by atoms with E-state index in [1.54, 1.807) is 0 Å². The fraction of sp³-hybridized carbons (Fsp3) is 1.00. The summed E-state index contributed by atoms with van der Waals surface area (Å²) in [5, 5.41) is 3.85. The molecule has 4 heteroatoms. The highest BCUT2D eigenvalue weighted by atomic mass is 16.7. The largest absolute Gasteiger partial charge is 0.378 e. The van der Waals surface area contributed by atoms with Gasteiger partial charge in [0, 0.05) is 36.9 Å². The second-order valence-corrected chi connectivity index (χ2v) is 7.10. The van der Waals surface area contributed by atoms with Crippen LogP contribution in [0.15, 0.2) is 0 Å². The van der Waals surface area contributed by atoms with Gasteiger partial charge in [0.15, 0.2) is 5.79 Å². The van der Waals surface area contributed by atoms with Crippen LogP contribution in [0.1, 0.15) is 52.9 Å². The lowest BCUT2D eigenvalue weighted by molar-refractivity contribution is -0.182. The molecule has 116 valence electrons. The third kappa shape index (κ3) is 2.63. The summed E-state index contributed by atoms with van der Waals surface area (Å²) in [7, 11) is 0. The predicted molar refractivity (Wildman–Crippen MR) is 77.6 cm³/mol. The first kappa shape index (κ1) is 14.8. The van der Waals surface area contributed by atoms with Crippen LogP contribution in [0.2, 0.25) is 0 Å². The summed E-state index contributed by atoms with van der Waals surface area (Å²) in [6.07, 6.45) is 5.95. The molecule has 3 rings (SSSR count). The van der Waals surface area contributed by atoms with Crippen molar-refractivity contribution in [2.24, 2.45) is 5.41 Å². The van der Waals surface area contributed by atoms with E-state index in [9.17, 15) is 0 Å². The molecule has 1 spiro atoms. The Morgan fingerprint density at radius 3 is 2.35 bits per heavy atom. The molecule has 0 aromatic heterocycles. The molecular weight excluding hydrogens is 254 g/mol. The van der Waals surface area contributed by atoms with Crippen LogP contribution in [0.25, 0.3) is 0 Å². The summed E-state index contributed by atoms with van der Waals surface area (Å²) in [4.78, 5) is 0. The van der Waals surface area contributed by atoms with Crippen molar-refractivity contribution in [1.29, 1.82) is 0 Å². The summed E-state index contributed by atoms with van der Waals surface area (Å²) in [6, 6.07) is 1.20. The van der Waals surface area contributed by atoms with E-state index in [1.165, 1.54) is 0 Å². The molecule has 20 heavy (non-hydrogen) atoms. The van der Waals surface area contributed by atoms with Gasteiger partial charge in [-0.05, 0) is 26.2 Å². The van der Waals surface area contributed by atoms with Crippen molar-refractivity contribution in [2.75, 3.05) is 19.8 Å². The fourth-order valence-corrected chi connectivity index (χ4v) is 3.95. The Bertz CT molecular complexity index is 329. The van der Waals surface area contributed by atoms with Crippen LogP contribution in [0.4, 0.5) is 0 Å². The van der Waals surface area contributed by atoms with Crippen molar-refractivity contribution >= 4 is 0 Å². The summed E-state index contributed by atoms with van der Waals surface area (Å²) < 4.78 is 17.4. The molecule has 0 radical (unpaired) electrons. The summed E-state index contributed by atoms with van der Waals surface area (Å²) >= 11 is 0. The molecule has 0 aromatic carbocycles. The van der Waals surface area contributed by atoms with E-state index in [0.717, 1.165) is 51.9 Å². The maximum atomic E-state index is 5.81. The molecule has 0 aromatic rings. The molecule has 2 saturated carbocycles. The van der Waals surface area contributed by atoms with Crippen LogP contribution in [0.5, 0.6) is 0 Å². The number of hydrogen-bond donors (Lipinski definition) is 1. The number of ether oxygens (including phenoxy) is 3. The molecule has 4 nitrogen and oxygen atoms in total. The van der Waals surface area contributed by atoms with Gasteiger partial charge in [-0.3, -0.25) is 0 Å². The molecule has 2 atom stereocenters. The maximum Gasteiger partial charge on any atom is 0.168 e. The Morgan fingerprint density at radius 1 is 1.15 bits per heavy atom. The van der Waals surface area contributed by atoms with E-state index in [4.69, 9.17) is 14.2 Å². The zero-order chi connectivity index (χ0) is 14.2. The fourth-order valence-electron chi connectivity index (χ4n) is 3.95. The van der Waals surface area contributed by atoms with Crippen LogP contribution >= 0.6 is 0 Å². The van der Waals surface area contributed by atoms with E-state index in [1.807, 2.05) is 0 Å². The number of rotatable bonds is 4. The van der Waals surface area contributed by atoms with Gasteiger partial charge in [0.1, 0.15) is 0 Å². The van der Waals surface area contributed by atoms with Gasteiger partial charge in [0.05, 0.1) is 19.3 Å². The Hall–Kier alpha value is -0.160. The first-order chi connectivity index (χ1) is 9.56. The van der Waals surface area contributed by atoms with E-state index in [-0.39, 0.29) is 11.2 Å². The van der Waals surface area contributed by atoms with Gasteiger partial charge in [-0.25, -0.2) is 0 Å². The Kier molecular flexibility index (Phi) is 4.10. The minimum absolute atomic E-state index is 0.235. The van der Waals surface area contributed by atoms with Crippen molar-refractivity contribution in [3.8, 4) is 0 Å². The summed E-state index contributed by atoms with van der Waals surface area (Å²) in [5.74, 6) is -0.235. The molecule has 1 saturated heterocycles. The third-order valence-corrected chi connectivity index (χ3v) is 5.54. The Morgan fingerprint density at radius 2 is 1.80 bits per heavy atom. The highest BCUT2D eigenvalue weighted by Gasteiger charge is 2.50. The van der Waals surface area contributed by atoms with Crippen LogP contribution in [0, 0.1) is 5.41 Å². The molecule has 0 unspecified atom stereocenters. The summed E-state index contributed by atoms with van der Waals surface area (Å²) in [5.41, 5.74) is 0.255. The second kappa shape index (κ2) is 5.56. The lowest BCUT2D eigenvalue weighted by Gasteiger charge is -2.53. The van der Waals surface area contributed by atoms with E-state index in [2.05, 4.69) is 26.1 Å². The van der Waals surface area contributed by atoms with Gasteiger partial charge >= 0.3 is 0 Å². The zero-order valence-corrected chi connectivity index (χ0v) is 13.1. The molecule has 1 heterocycles. The smallest absolute Gasteiger partial charge is 0.168 e. The molecular formula is C16H29NO3. The van der Waals surface area contributed by atoms with Gasteiger partial charge in [-0.2, -0.15) is 0 Å². The lowest BCUT2D eigenvalue weighted by Crippen LogP contribution is -2.63. The monoisotopic (exact) mass is 283 g/mol. The number of hydrogen-bond acceptors (Lipinski definition) is 4. The van der Waals surface area contributed by atoms with E-state index >= 15 is 0 Å². The van der Waals surface area contributed by atoms with Crippen LogP contribution in [0.3, 0.4) is 0 Å². The third-order valence-electron chi connectivity index (χ3n) is 5.54. The van der Waals surface area contributed by atoms with Crippen molar-refractivity contribution in [3.05, 3.63) is 0 Å². The molecule has 1 N–H and O–H groups in total. The van der Waals surface area contributed by atoms with Crippen LogP contribution in [-0.2, 0) is 14.2 Å². The summed E-state index contributed by atoms with van der Waals surface area (Å²) in [6.45, 7) is 9.08. The first-order valence-electron chi connectivity index (χ1n) is 8.21. The molecule has 0 amide bonds. The molecule has 0 bridgehead atoms.